The molecular formula is C25H23N3O3S2. The summed E-state index contributed by atoms with van der Waals surface area (Å²) >= 11 is 2.68. The fourth-order valence-electron chi connectivity index (χ4n) is 3.36. The molecule has 0 saturated carbocycles. The molecule has 1 amide bonds. The lowest BCUT2D eigenvalue weighted by atomic mass is 10.1. The van der Waals surface area contributed by atoms with Gasteiger partial charge in [-0.05, 0) is 23.3 Å². The van der Waals surface area contributed by atoms with Crippen molar-refractivity contribution in [2.24, 2.45) is 0 Å². The number of thiophene rings is 1. The van der Waals surface area contributed by atoms with Crippen LogP contribution in [0.4, 0.5) is 0 Å². The summed E-state index contributed by atoms with van der Waals surface area (Å²) in [6.07, 6.45) is 1.66. The highest BCUT2D eigenvalue weighted by molar-refractivity contribution is 7.99. The molecule has 1 N–H and O–H groups in total. The van der Waals surface area contributed by atoms with Crippen molar-refractivity contribution in [1.29, 1.82) is 0 Å². The van der Waals surface area contributed by atoms with Gasteiger partial charge in [0.15, 0.2) is 5.16 Å². The molecule has 0 spiro atoms. The van der Waals surface area contributed by atoms with E-state index in [1.165, 1.54) is 23.1 Å². The molecule has 0 saturated heterocycles. The molecule has 0 bridgehead atoms. The van der Waals surface area contributed by atoms with E-state index in [0.717, 1.165) is 22.4 Å². The highest BCUT2D eigenvalue weighted by Crippen LogP contribution is 2.32. The van der Waals surface area contributed by atoms with Crippen molar-refractivity contribution in [2.75, 3.05) is 12.9 Å². The minimum atomic E-state index is -0.133. The summed E-state index contributed by atoms with van der Waals surface area (Å²) in [5, 5.41) is 5.97. The summed E-state index contributed by atoms with van der Waals surface area (Å²) in [7, 11) is 1.62. The third-order valence-corrected chi connectivity index (χ3v) is 6.88. The zero-order valence-electron chi connectivity index (χ0n) is 18.1. The van der Waals surface area contributed by atoms with E-state index in [4.69, 9.17) is 9.72 Å². The Morgan fingerprint density at radius 3 is 2.67 bits per heavy atom. The van der Waals surface area contributed by atoms with Crippen LogP contribution in [0.1, 0.15) is 5.56 Å². The number of carbonyl (C=O) groups excluding carboxylic acids is 1. The van der Waals surface area contributed by atoms with Gasteiger partial charge in [-0.25, -0.2) is 4.98 Å². The van der Waals surface area contributed by atoms with E-state index in [1.54, 1.807) is 17.8 Å². The number of amides is 1. The molecule has 4 rings (SSSR count). The third kappa shape index (κ3) is 5.18. The number of hydrogen-bond acceptors (Lipinski definition) is 6. The number of benzene rings is 2. The number of fused-ring (bicyclic) bond motifs is 1. The van der Waals surface area contributed by atoms with Gasteiger partial charge in [-0.2, -0.15) is 0 Å². The summed E-state index contributed by atoms with van der Waals surface area (Å²) in [5.41, 5.74) is 2.70. The van der Waals surface area contributed by atoms with Gasteiger partial charge >= 0.3 is 0 Å². The number of aromatic nitrogens is 2. The van der Waals surface area contributed by atoms with Gasteiger partial charge in [0.1, 0.15) is 10.6 Å². The van der Waals surface area contributed by atoms with Gasteiger partial charge in [0.2, 0.25) is 5.91 Å². The van der Waals surface area contributed by atoms with Crippen LogP contribution in [0.15, 0.2) is 82.6 Å². The van der Waals surface area contributed by atoms with Gasteiger partial charge in [-0.15, -0.1) is 17.9 Å². The number of methoxy groups -OCH3 is 1. The Labute approximate surface area is 199 Å². The Balaban J connectivity index is 1.52. The predicted molar refractivity (Wildman–Crippen MR) is 135 cm³/mol. The molecule has 168 valence electrons. The zero-order valence-corrected chi connectivity index (χ0v) is 19.7. The highest BCUT2D eigenvalue weighted by Gasteiger charge is 2.17. The lowest BCUT2D eigenvalue weighted by molar-refractivity contribution is -0.118. The summed E-state index contributed by atoms with van der Waals surface area (Å²) < 4.78 is 6.73. The monoisotopic (exact) mass is 477 g/mol. The van der Waals surface area contributed by atoms with Crippen molar-refractivity contribution < 1.29 is 9.53 Å². The first-order chi connectivity index (χ1) is 16.1. The number of nitrogens with one attached hydrogen (secondary N) is 1. The molecule has 2 heterocycles. The second-order valence-electron chi connectivity index (χ2n) is 7.21. The first-order valence-electron chi connectivity index (χ1n) is 10.3. The number of rotatable bonds is 9. The van der Waals surface area contributed by atoms with Crippen LogP contribution in [-0.4, -0.2) is 28.3 Å². The van der Waals surface area contributed by atoms with Gasteiger partial charge in [0.25, 0.3) is 5.56 Å². The lowest BCUT2D eigenvalue weighted by Gasteiger charge is -2.11. The summed E-state index contributed by atoms with van der Waals surface area (Å²) in [6.45, 7) is 4.51. The quantitative estimate of drug-likeness (QED) is 0.214. The summed E-state index contributed by atoms with van der Waals surface area (Å²) in [6, 6.07) is 17.3. The van der Waals surface area contributed by atoms with Gasteiger partial charge < -0.3 is 10.1 Å². The van der Waals surface area contributed by atoms with Crippen molar-refractivity contribution in [3.63, 3.8) is 0 Å². The molecule has 2 aromatic heterocycles. The van der Waals surface area contributed by atoms with E-state index < -0.39 is 0 Å². The number of hydrogen-bond donors (Lipinski definition) is 1. The first kappa shape index (κ1) is 22.8. The van der Waals surface area contributed by atoms with Crippen LogP contribution < -0.4 is 15.6 Å². The summed E-state index contributed by atoms with van der Waals surface area (Å²) in [4.78, 5) is 31.2. The van der Waals surface area contributed by atoms with Gasteiger partial charge in [0, 0.05) is 24.0 Å². The first-order valence-corrected chi connectivity index (χ1v) is 12.2. The van der Waals surface area contributed by atoms with Crippen LogP contribution in [0.25, 0.3) is 21.3 Å². The molecule has 0 atom stereocenters. The van der Waals surface area contributed by atoms with Crippen LogP contribution in [0.5, 0.6) is 5.75 Å². The smallest absolute Gasteiger partial charge is 0.263 e. The van der Waals surface area contributed by atoms with Crippen LogP contribution in [-0.2, 0) is 17.9 Å². The minimum absolute atomic E-state index is 0.124. The van der Waals surface area contributed by atoms with Crippen LogP contribution in [0.3, 0.4) is 0 Å². The fourth-order valence-corrected chi connectivity index (χ4v) is 5.19. The molecule has 0 unspecified atom stereocenters. The molecule has 4 aromatic rings. The molecule has 0 aliphatic heterocycles. The minimum Gasteiger partial charge on any atom is -0.497 e. The molecular weight excluding hydrogens is 454 g/mol. The Morgan fingerprint density at radius 1 is 1.21 bits per heavy atom. The number of carbonyl (C=O) groups is 1. The topological polar surface area (TPSA) is 73.2 Å². The number of thioether (sulfide) groups is 1. The van der Waals surface area contributed by atoms with E-state index in [0.29, 0.717) is 28.5 Å². The van der Waals surface area contributed by atoms with Crippen molar-refractivity contribution in [3.05, 3.63) is 88.5 Å². The van der Waals surface area contributed by atoms with E-state index >= 15 is 0 Å². The van der Waals surface area contributed by atoms with Crippen LogP contribution in [0, 0.1) is 0 Å². The molecule has 8 heteroatoms. The Morgan fingerprint density at radius 2 is 1.97 bits per heavy atom. The van der Waals surface area contributed by atoms with Crippen LogP contribution >= 0.6 is 23.1 Å². The van der Waals surface area contributed by atoms with Gasteiger partial charge in [0.05, 0.1) is 18.2 Å². The maximum atomic E-state index is 13.4. The van der Waals surface area contributed by atoms with E-state index in [9.17, 15) is 9.59 Å². The molecule has 33 heavy (non-hydrogen) atoms. The molecule has 0 radical (unpaired) electrons. The molecule has 0 aliphatic carbocycles. The second-order valence-corrected chi connectivity index (χ2v) is 9.01. The largest absolute Gasteiger partial charge is 0.497 e. The molecule has 2 aromatic carbocycles. The highest BCUT2D eigenvalue weighted by atomic mass is 32.2. The molecule has 6 nitrogen and oxygen atoms in total. The van der Waals surface area contributed by atoms with E-state index in [1.807, 2.05) is 60.0 Å². The zero-order chi connectivity index (χ0) is 23.2. The third-order valence-electron chi connectivity index (χ3n) is 5.04. The second kappa shape index (κ2) is 10.5. The number of ether oxygens (including phenoxy) is 1. The van der Waals surface area contributed by atoms with Crippen molar-refractivity contribution in [1.82, 2.24) is 14.9 Å². The lowest BCUT2D eigenvalue weighted by Crippen LogP contribution is -2.26. The standard InChI is InChI=1S/C25H23N3O3S2/c1-3-13-28-24(30)22-20(18-7-5-4-6-8-18)15-32-23(22)27-25(28)33-16-21(29)26-14-17-9-11-19(31-2)12-10-17/h3-12,15H,1,13-14,16H2,2H3,(H,26,29). The van der Waals surface area contributed by atoms with E-state index in [2.05, 4.69) is 11.9 Å². The maximum Gasteiger partial charge on any atom is 0.263 e. The Hall–Kier alpha value is -3.36. The molecule has 0 aliphatic rings. The summed E-state index contributed by atoms with van der Waals surface area (Å²) in [5.74, 6) is 0.792. The number of nitrogens with zero attached hydrogens (tertiary/aromatic N) is 2. The van der Waals surface area contributed by atoms with Crippen molar-refractivity contribution in [2.45, 2.75) is 18.2 Å². The Bertz CT molecular complexity index is 1330. The SMILES string of the molecule is C=CCn1c(SCC(=O)NCc2ccc(OC)cc2)nc2scc(-c3ccccc3)c2c1=O. The van der Waals surface area contributed by atoms with Crippen molar-refractivity contribution in [3.8, 4) is 16.9 Å². The maximum absolute atomic E-state index is 13.4. The van der Waals surface area contributed by atoms with Gasteiger partial charge in [-0.3, -0.25) is 14.2 Å². The fraction of sp³-hybridized carbons (Fsp3) is 0.160. The normalized spacial score (nSPS) is 10.8. The number of allylic oxidation sites excluding steroid dienone is 1. The van der Waals surface area contributed by atoms with Crippen molar-refractivity contribution >= 4 is 39.2 Å². The molecule has 0 fully saturated rings. The average Bonchev–Trinajstić information content (AvgIpc) is 3.28. The van der Waals surface area contributed by atoms with Crippen LogP contribution in [0.2, 0.25) is 0 Å². The average molecular weight is 478 g/mol. The van der Waals surface area contributed by atoms with E-state index in [-0.39, 0.29) is 17.2 Å². The predicted octanol–water partition coefficient (Wildman–Crippen LogP) is 4.73. The Kier molecular flexibility index (Phi) is 7.26. The van der Waals surface area contributed by atoms with Gasteiger partial charge in [-0.1, -0.05) is 60.3 Å².